The van der Waals surface area contributed by atoms with Crippen molar-refractivity contribution >= 4 is 0 Å². The highest BCUT2D eigenvalue weighted by molar-refractivity contribution is 5.32. The number of hydrogen-bond acceptors (Lipinski definition) is 4. The van der Waals surface area contributed by atoms with Gasteiger partial charge >= 0.3 is 0 Å². The zero-order valence-corrected chi connectivity index (χ0v) is 8.87. The minimum absolute atomic E-state index is 0.432. The summed E-state index contributed by atoms with van der Waals surface area (Å²) in [5.74, 6) is 1.05. The van der Waals surface area contributed by atoms with Gasteiger partial charge in [0, 0.05) is 12.1 Å². The quantitative estimate of drug-likeness (QED) is 0.794. The first kappa shape index (κ1) is 10.8. The molecule has 1 heterocycles. The Labute approximate surface area is 83.5 Å². The van der Waals surface area contributed by atoms with Crippen molar-refractivity contribution in [3.63, 3.8) is 0 Å². The number of aromatic nitrogens is 1. The number of pyridine rings is 1. The molecule has 0 saturated carbocycles. The zero-order chi connectivity index (χ0) is 10.8. The van der Waals surface area contributed by atoms with Gasteiger partial charge in [-0.1, -0.05) is 0 Å². The van der Waals surface area contributed by atoms with Crippen molar-refractivity contribution in [1.82, 2.24) is 4.98 Å². The van der Waals surface area contributed by atoms with E-state index in [4.69, 9.17) is 9.47 Å². The van der Waals surface area contributed by atoms with Gasteiger partial charge in [-0.15, -0.1) is 0 Å². The molecule has 14 heavy (non-hydrogen) atoms. The van der Waals surface area contributed by atoms with Gasteiger partial charge < -0.3 is 14.6 Å². The highest BCUT2D eigenvalue weighted by Crippen LogP contribution is 2.25. The van der Waals surface area contributed by atoms with E-state index in [-0.39, 0.29) is 0 Å². The van der Waals surface area contributed by atoms with E-state index in [1.807, 2.05) is 0 Å². The molecule has 0 aromatic carbocycles. The van der Waals surface area contributed by atoms with Crippen molar-refractivity contribution in [3.8, 4) is 11.6 Å². The lowest BCUT2D eigenvalue weighted by atomic mass is 10.0. The third-order valence-corrected chi connectivity index (χ3v) is 1.85. The van der Waals surface area contributed by atoms with Gasteiger partial charge in [0.05, 0.1) is 19.9 Å². The normalized spacial score (nSPS) is 11.2. The van der Waals surface area contributed by atoms with Crippen LogP contribution in [0.5, 0.6) is 11.6 Å². The summed E-state index contributed by atoms with van der Waals surface area (Å²) in [5, 5.41) is 9.76. The fourth-order valence-corrected chi connectivity index (χ4v) is 1.02. The molecular formula is C10H15NO3. The molecule has 0 bridgehead atoms. The molecule has 0 atom stereocenters. The first-order valence-corrected chi connectivity index (χ1v) is 4.30. The molecule has 0 radical (unpaired) electrons. The minimum atomic E-state index is -0.998. The van der Waals surface area contributed by atoms with Crippen molar-refractivity contribution in [3.05, 3.63) is 17.8 Å². The lowest BCUT2D eigenvalue weighted by molar-refractivity contribution is 0.0728. The standard InChI is InChI=1S/C10H15NO3/c1-10(2,12)8-5-7(13-3)6-9(11-8)14-4/h5-6,12H,1-4H3. The van der Waals surface area contributed by atoms with Gasteiger partial charge in [-0.25, -0.2) is 4.98 Å². The second-order valence-electron chi connectivity index (χ2n) is 3.49. The van der Waals surface area contributed by atoms with Crippen LogP contribution in [-0.2, 0) is 5.60 Å². The molecule has 0 spiro atoms. The summed E-state index contributed by atoms with van der Waals surface area (Å²) in [4.78, 5) is 4.12. The molecular weight excluding hydrogens is 182 g/mol. The third-order valence-electron chi connectivity index (χ3n) is 1.85. The maximum absolute atomic E-state index is 9.76. The second kappa shape index (κ2) is 3.84. The molecule has 1 rings (SSSR count). The van der Waals surface area contributed by atoms with Crippen LogP contribution >= 0.6 is 0 Å². The van der Waals surface area contributed by atoms with Crippen molar-refractivity contribution in [2.45, 2.75) is 19.4 Å². The van der Waals surface area contributed by atoms with Crippen molar-refractivity contribution in [2.75, 3.05) is 14.2 Å². The van der Waals surface area contributed by atoms with E-state index in [2.05, 4.69) is 4.98 Å². The van der Waals surface area contributed by atoms with Crippen LogP contribution in [0, 0.1) is 0 Å². The Kier molecular flexibility index (Phi) is 2.96. The summed E-state index contributed by atoms with van der Waals surface area (Å²) in [7, 11) is 3.08. The largest absolute Gasteiger partial charge is 0.496 e. The first-order chi connectivity index (χ1) is 6.47. The minimum Gasteiger partial charge on any atom is -0.496 e. The molecule has 0 aliphatic heterocycles. The summed E-state index contributed by atoms with van der Waals surface area (Å²) in [5.41, 5.74) is -0.476. The van der Waals surface area contributed by atoms with Gasteiger partial charge in [0.2, 0.25) is 5.88 Å². The van der Waals surface area contributed by atoms with Crippen LogP contribution < -0.4 is 9.47 Å². The summed E-state index contributed by atoms with van der Waals surface area (Å²) < 4.78 is 10.1. The average molecular weight is 197 g/mol. The number of nitrogens with zero attached hydrogens (tertiary/aromatic N) is 1. The van der Waals surface area contributed by atoms with E-state index < -0.39 is 5.60 Å². The molecule has 0 aliphatic carbocycles. The Morgan fingerprint density at radius 1 is 1.21 bits per heavy atom. The number of hydrogen-bond donors (Lipinski definition) is 1. The lowest BCUT2D eigenvalue weighted by Gasteiger charge is -2.17. The summed E-state index contributed by atoms with van der Waals surface area (Å²) in [6, 6.07) is 3.34. The van der Waals surface area contributed by atoms with Gasteiger partial charge in [0.1, 0.15) is 11.4 Å². The van der Waals surface area contributed by atoms with E-state index in [1.165, 1.54) is 7.11 Å². The Morgan fingerprint density at radius 3 is 2.29 bits per heavy atom. The number of methoxy groups -OCH3 is 2. The highest BCUT2D eigenvalue weighted by Gasteiger charge is 2.19. The van der Waals surface area contributed by atoms with Gasteiger partial charge in [0.25, 0.3) is 0 Å². The molecule has 0 unspecified atom stereocenters. The molecule has 1 aromatic heterocycles. The fourth-order valence-electron chi connectivity index (χ4n) is 1.02. The molecule has 4 nitrogen and oxygen atoms in total. The van der Waals surface area contributed by atoms with Crippen LogP contribution in [0.15, 0.2) is 12.1 Å². The van der Waals surface area contributed by atoms with Crippen LogP contribution in [0.1, 0.15) is 19.5 Å². The summed E-state index contributed by atoms with van der Waals surface area (Å²) >= 11 is 0. The third kappa shape index (κ3) is 2.35. The molecule has 4 heteroatoms. The van der Waals surface area contributed by atoms with Crippen molar-refractivity contribution in [2.24, 2.45) is 0 Å². The Balaban J connectivity index is 3.17. The Bertz CT molecular complexity index is 295. The van der Waals surface area contributed by atoms with E-state index in [0.29, 0.717) is 17.3 Å². The van der Waals surface area contributed by atoms with E-state index in [1.54, 1.807) is 33.1 Å². The molecule has 1 aromatic rings. The maximum Gasteiger partial charge on any atom is 0.217 e. The summed E-state index contributed by atoms with van der Waals surface area (Å²) in [6.45, 7) is 3.32. The van der Waals surface area contributed by atoms with E-state index in [0.717, 1.165) is 0 Å². The molecule has 78 valence electrons. The van der Waals surface area contributed by atoms with Gasteiger partial charge in [-0.2, -0.15) is 0 Å². The smallest absolute Gasteiger partial charge is 0.217 e. The van der Waals surface area contributed by atoms with Crippen LogP contribution in [0.2, 0.25) is 0 Å². The van der Waals surface area contributed by atoms with Crippen molar-refractivity contribution in [1.29, 1.82) is 0 Å². The SMILES string of the molecule is COc1cc(OC)nc(C(C)(C)O)c1. The highest BCUT2D eigenvalue weighted by atomic mass is 16.5. The topological polar surface area (TPSA) is 51.6 Å². The van der Waals surface area contributed by atoms with E-state index in [9.17, 15) is 5.11 Å². The van der Waals surface area contributed by atoms with E-state index >= 15 is 0 Å². The number of aliphatic hydroxyl groups is 1. The molecule has 0 aliphatic rings. The summed E-state index contributed by atoms with van der Waals surface area (Å²) in [6.07, 6.45) is 0. The van der Waals surface area contributed by atoms with Crippen LogP contribution in [0.4, 0.5) is 0 Å². The van der Waals surface area contributed by atoms with Gasteiger partial charge in [-0.05, 0) is 13.8 Å². The predicted octanol–water partition coefficient (Wildman–Crippen LogP) is 1.33. The molecule has 0 amide bonds. The fraction of sp³-hybridized carbons (Fsp3) is 0.500. The van der Waals surface area contributed by atoms with Crippen LogP contribution in [-0.4, -0.2) is 24.3 Å². The maximum atomic E-state index is 9.76. The average Bonchev–Trinajstić information content (AvgIpc) is 2.15. The lowest BCUT2D eigenvalue weighted by Crippen LogP contribution is -2.17. The number of rotatable bonds is 3. The molecule has 1 N–H and O–H groups in total. The monoisotopic (exact) mass is 197 g/mol. The molecule has 0 saturated heterocycles. The predicted molar refractivity (Wildman–Crippen MR) is 52.6 cm³/mol. The Morgan fingerprint density at radius 2 is 1.86 bits per heavy atom. The number of ether oxygens (including phenoxy) is 2. The van der Waals surface area contributed by atoms with Crippen LogP contribution in [0.3, 0.4) is 0 Å². The van der Waals surface area contributed by atoms with Gasteiger partial charge in [0.15, 0.2) is 0 Å². The molecule has 0 fully saturated rings. The van der Waals surface area contributed by atoms with Gasteiger partial charge in [-0.3, -0.25) is 0 Å². The second-order valence-corrected chi connectivity index (χ2v) is 3.49. The zero-order valence-electron chi connectivity index (χ0n) is 8.87. The Hall–Kier alpha value is -1.29. The van der Waals surface area contributed by atoms with Crippen molar-refractivity contribution < 1.29 is 14.6 Å². The van der Waals surface area contributed by atoms with Crippen LogP contribution in [0.25, 0.3) is 0 Å². The first-order valence-electron chi connectivity index (χ1n) is 4.30.